The summed E-state index contributed by atoms with van der Waals surface area (Å²) in [5.41, 5.74) is 0.690. The number of benzene rings is 1. The number of Topliss-reactive ketones (excluding diaryl/α,β-unsaturated/α-hetero) is 1. The maximum atomic E-state index is 11.1. The number of ether oxygens (including phenoxy) is 1. The van der Waals surface area contributed by atoms with Crippen molar-refractivity contribution in [3.05, 3.63) is 35.9 Å². The maximum absolute atomic E-state index is 11.1. The van der Waals surface area contributed by atoms with Crippen LogP contribution >= 0.6 is 0 Å². The molecule has 0 aromatic heterocycles. The monoisotopic (exact) mass is 202 g/mol. The second kappa shape index (κ2) is 5.61. The molecule has 0 aliphatic heterocycles. The average molecular weight is 202 g/mol. The van der Waals surface area contributed by atoms with Crippen LogP contribution in [0.25, 0.3) is 0 Å². The molecule has 0 saturated heterocycles. The average Bonchev–Trinajstić information content (AvgIpc) is 2.27. The van der Waals surface area contributed by atoms with Gasteiger partial charge in [0.1, 0.15) is 0 Å². The van der Waals surface area contributed by atoms with E-state index in [2.05, 4.69) is 16.6 Å². The Kier molecular flexibility index (Phi) is 4.11. The van der Waals surface area contributed by atoms with Crippen LogP contribution in [0, 0.1) is 11.8 Å². The minimum absolute atomic E-state index is 0.178. The Labute approximate surface area is 88.1 Å². The summed E-state index contributed by atoms with van der Waals surface area (Å²) in [4.78, 5) is 21.9. The van der Waals surface area contributed by atoms with Crippen molar-refractivity contribution in [2.45, 2.75) is 6.92 Å². The molecule has 3 heteroatoms. The molecule has 3 nitrogen and oxygen atoms in total. The smallest absolute Gasteiger partial charge is 0.388 e. The van der Waals surface area contributed by atoms with Gasteiger partial charge in [-0.2, -0.15) is 0 Å². The summed E-state index contributed by atoms with van der Waals surface area (Å²) in [6, 6.07) is 8.97. The van der Waals surface area contributed by atoms with E-state index < -0.39 is 11.8 Å². The molecule has 0 spiro atoms. The molecule has 0 saturated carbocycles. The Morgan fingerprint density at radius 1 is 1.27 bits per heavy atom. The standard InChI is InChI=1S/C12H10O3/c1-2-15-12(14)11(13)9-8-10-6-4-3-5-7-10/h3-7H,2H2,1H3. The van der Waals surface area contributed by atoms with Crippen LogP contribution in [0.15, 0.2) is 30.3 Å². The SMILES string of the molecule is CCOC(=O)C(=O)C#Cc1ccccc1. The zero-order chi connectivity index (χ0) is 11.1. The van der Waals surface area contributed by atoms with Crippen LogP contribution in [-0.2, 0) is 14.3 Å². The number of esters is 1. The normalized spacial score (nSPS) is 8.60. The first-order chi connectivity index (χ1) is 7.24. The van der Waals surface area contributed by atoms with Crippen LogP contribution in [0.4, 0.5) is 0 Å². The van der Waals surface area contributed by atoms with E-state index in [4.69, 9.17) is 0 Å². The number of ketones is 1. The summed E-state index contributed by atoms with van der Waals surface area (Å²) in [6.07, 6.45) is 0. The Morgan fingerprint density at radius 3 is 2.53 bits per heavy atom. The zero-order valence-corrected chi connectivity index (χ0v) is 8.32. The summed E-state index contributed by atoms with van der Waals surface area (Å²) in [5, 5.41) is 0. The predicted octanol–water partition coefficient (Wildman–Crippen LogP) is 1.17. The first-order valence-electron chi connectivity index (χ1n) is 4.52. The predicted molar refractivity (Wildman–Crippen MR) is 55.0 cm³/mol. The lowest BCUT2D eigenvalue weighted by Gasteiger charge is -1.93. The van der Waals surface area contributed by atoms with Gasteiger partial charge in [-0.3, -0.25) is 4.79 Å². The number of carbonyl (C=O) groups is 2. The van der Waals surface area contributed by atoms with Gasteiger partial charge >= 0.3 is 11.8 Å². The lowest BCUT2D eigenvalue weighted by molar-refractivity contribution is -0.150. The van der Waals surface area contributed by atoms with Gasteiger partial charge in [0, 0.05) is 5.56 Å². The van der Waals surface area contributed by atoms with Gasteiger partial charge in [0.25, 0.3) is 0 Å². The van der Waals surface area contributed by atoms with Crippen LogP contribution < -0.4 is 0 Å². The van der Waals surface area contributed by atoms with E-state index in [0.29, 0.717) is 5.56 Å². The topological polar surface area (TPSA) is 43.4 Å². The first-order valence-corrected chi connectivity index (χ1v) is 4.52. The van der Waals surface area contributed by atoms with Gasteiger partial charge in [-0.1, -0.05) is 24.1 Å². The third kappa shape index (κ3) is 3.65. The zero-order valence-electron chi connectivity index (χ0n) is 8.32. The third-order valence-corrected chi connectivity index (χ3v) is 1.55. The Balaban J connectivity index is 2.67. The van der Waals surface area contributed by atoms with Gasteiger partial charge < -0.3 is 4.74 Å². The molecule has 0 amide bonds. The van der Waals surface area contributed by atoms with Crippen molar-refractivity contribution in [2.24, 2.45) is 0 Å². The molecule has 0 aliphatic carbocycles. The lowest BCUT2D eigenvalue weighted by Crippen LogP contribution is -2.15. The second-order valence-electron chi connectivity index (χ2n) is 2.67. The highest BCUT2D eigenvalue weighted by atomic mass is 16.5. The third-order valence-electron chi connectivity index (χ3n) is 1.55. The Morgan fingerprint density at radius 2 is 1.93 bits per heavy atom. The van der Waals surface area contributed by atoms with Crippen molar-refractivity contribution in [3.63, 3.8) is 0 Å². The molecule has 0 heterocycles. The van der Waals surface area contributed by atoms with Crippen LogP contribution in [0.5, 0.6) is 0 Å². The summed E-state index contributed by atoms with van der Waals surface area (Å²) >= 11 is 0. The lowest BCUT2D eigenvalue weighted by atomic mass is 10.2. The summed E-state index contributed by atoms with van der Waals surface area (Å²) in [6.45, 7) is 1.81. The highest BCUT2D eigenvalue weighted by Gasteiger charge is 2.10. The Bertz CT molecular complexity index is 409. The fraction of sp³-hybridized carbons (Fsp3) is 0.167. The van der Waals surface area contributed by atoms with E-state index in [1.807, 2.05) is 6.07 Å². The van der Waals surface area contributed by atoms with E-state index in [0.717, 1.165) is 0 Å². The van der Waals surface area contributed by atoms with Crippen molar-refractivity contribution < 1.29 is 14.3 Å². The molecule has 0 atom stereocenters. The minimum Gasteiger partial charge on any atom is -0.459 e. The molecule has 15 heavy (non-hydrogen) atoms. The summed E-state index contributed by atoms with van der Waals surface area (Å²) < 4.78 is 4.50. The number of hydrogen-bond donors (Lipinski definition) is 0. The molecule has 1 rings (SSSR count). The molecule has 0 N–H and O–H groups in total. The van der Waals surface area contributed by atoms with Gasteiger partial charge in [0.05, 0.1) is 6.61 Å². The van der Waals surface area contributed by atoms with Gasteiger partial charge in [-0.15, -0.1) is 0 Å². The minimum atomic E-state index is -0.902. The van der Waals surface area contributed by atoms with Crippen molar-refractivity contribution in [3.8, 4) is 11.8 Å². The van der Waals surface area contributed by atoms with Gasteiger partial charge in [0.2, 0.25) is 0 Å². The van der Waals surface area contributed by atoms with Crippen LogP contribution in [0.3, 0.4) is 0 Å². The highest BCUT2D eigenvalue weighted by molar-refractivity contribution is 6.40. The van der Waals surface area contributed by atoms with E-state index in [9.17, 15) is 9.59 Å². The Hall–Kier alpha value is -2.08. The van der Waals surface area contributed by atoms with Crippen molar-refractivity contribution in [2.75, 3.05) is 6.61 Å². The van der Waals surface area contributed by atoms with E-state index in [1.54, 1.807) is 31.2 Å². The number of carbonyl (C=O) groups excluding carboxylic acids is 2. The van der Waals surface area contributed by atoms with Gasteiger partial charge in [-0.25, -0.2) is 4.79 Å². The van der Waals surface area contributed by atoms with Crippen LogP contribution in [0.2, 0.25) is 0 Å². The molecule has 76 valence electrons. The molecule has 0 bridgehead atoms. The summed E-state index contributed by atoms with van der Waals surface area (Å²) in [5.74, 6) is 3.08. The molecule has 0 aliphatic rings. The molecule has 1 aromatic carbocycles. The molecular weight excluding hydrogens is 192 g/mol. The second-order valence-corrected chi connectivity index (χ2v) is 2.67. The van der Waals surface area contributed by atoms with Crippen LogP contribution in [-0.4, -0.2) is 18.4 Å². The summed E-state index contributed by atoms with van der Waals surface area (Å²) in [7, 11) is 0. The molecule has 0 fully saturated rings. The highest BCUT2D eigenvalue weighted by Crippen LogP contribution is 1.94. The van der Waals surface area contributed by atoms with E-state index in [1.165, 1.54) is 0 Å². The van der Waals surface area contributed by atoms with Crippen LogP contribution in [0.1, 0.15) is 12.5 Å². The van der Waals surface area contributed by atoms with Crippen molar-refractivity contribution >= 4 is 11.8 Å². The van der Waals surface area contributed by atoms with Gasteiger partial charge in [-0.05, 0) is 25.0 Å². The fourth-order valence-corrected chi connectivity index (χ4v) is 0.898. The van der Waals surface area contributed by atoms with Gasteiger partial charge in [0.15, 0.2) is 0 Å². The molecule has 1 aromatic rings. The van der Waals surface area contributed by atoms with E-state index in [-0.39, 0.29) is 6.61 Å². The van der Waals surface area contributed by atoms with E-state index >= 15 is 0 Å². The quantitative estimate of drug-likeness (QED) is 0.411. The molecule has 0 radical (unpaired) electrons. The number of hydrogen-bond acceptors (Lipinski definition) is 3. The fourth-order valence-electron chi connectivity index (χ4n) is 0.898. The number of rotatable bonds is 2. The molecular formula is C12H10O3. The maximum Gasteiger partial charge on any atom is 0.388 e. The van der Waals surface area contributed by atoms with Crippen molar-refractivity contribution in [1.29, 1.82) is 0 Å². The first kappa shape index (κ1) is 11.0. The molecule has 0 unspecified atom stereocenters. The largest absolute Gasteiger partial charge is 0.459 e. The van der Waals surface area contributed by atoms with Crippen molar-refractivity contribution in [1.82, 2.24) is 0 Å².